The minimum atomic E-state index is -0.124. The molecule has 0 unspecified atom stereocenters. The van der Waals surface area contributed by atoms with Crippen molar-refractivity contribution in [3.05, 3.63) is 112 Å². The fourth-order valence-electron chi connectivity index (χ4n) is 4.18. The van der Waals surface area contributed by atoms with Gasteiger partial charge in [0.2, 0.25) is 0 Å². The molecule has 0 saturated carbocycles. The van der Waals surface area contributed by atoms with Crippen LogP contribution in [0.1, 0.15) is 29.0 Å². The highest BCUT2D eigenvalue weighted by molar-refractivity contribution is 7.80. The molecule has 7 heteroatoms. The Hall–Kier alpha value is -2.86. The molecule has 160 valence electrons. The molecular weight excluding hydrogens is 459 g/mol. The van der Waals surface area contributed by atoms with Gasteiger partial charge >= 0.3 is 0 Å². The summed E-state index contributed by atoms with van der Waals surface area (Å²) < 4.78 is 2.18. The van der Waals surface area contributed by atoms with E-state index in [2.05, 4.69) is 44.2 Å². The van der Waals surface area contributed by atoms with E-state index in [1.165, 1.54) is 0 Å². The third-order valence-corrected chi connectivity index (χ3v) is 6.70. The largest absolute Gasteiger partial charge is 0.351 e. The van der Waals surface area contributed by atoms with Crippen molar-refractivity contribution >= 4 is 46.2 Å². The lowest BCUT2D eigenvalue weighted by Crippen LogP contribution is -2.30. The van der Waals surface area contributed by atoms with Crippen LogP contribution in [0.2, 0.25) is 10.0 Å². The molecule has 1 fully saturated rings. The average molecular weight is 479 g/mol. The number of rotatable bonds is 4. The molecular formula is C25H20Cl2N4S. The topological polar surface area (TPSA) is 33.1 Å². The number of aromatic nitrogens is 2. The number of benzene rings is 2. The van der Waals surface area contributed by atoms with Gasteiger partial charge in [-0.3, -0.25) is 4.98 Å². The summed E-state index contributed by atoms with van der Waals surface area (Å²) in [6.07, 6.45) is 3.87. The van der Waals surface area contributed by atoms with Crippen molar-refractivity contribution in [3.8, 4) is 5.69 Å². The summed E-state index contributed by atoms with van der Waals surface area (Å²) in [6, 6.07) is 23.7. The van der Waals surface area contributed by atoms with Crippen molar-refractivity contribution in [3.63, 3.8) is 0 Å². The summed E-state index contributed by atoms with van der Waals surface area (Å²) in [6.45, 7) is 2.01. The minimum absolute atomic E-state index is 0.121. The first-order chi connectivity index (χ1) is 15.5. The van der Waals surface area contributed by atoms with Gasteiger partial charge < -0.3 is 14.8 Å². The Balaban J connectivity index is 1.67. The minimum Gasteiger partial charge on any atom is -0.351 e. The Kier molecular flexibility index (Phi) is 5.64. The van der Waals surface area contributed by atoms with E-state index in [1.54, 1.807) is 0 Å². The molecule has 1 saturated heterocycles. The number of hydrogen-bond donors (Lipinski definition) is 1. The van der Waals surface area contributed by atoms with Gasteiger partial charge in [0.15, 0.2) is 5.11 Å². The molecule has 4 nitrogen and oxygen atoms in total. The molecule has 2 aromatic carbocycles. The van der Waals surface area contributed by atoms with E-state index in [1.807, 2.05) is 67.7 Å². The van der Waals surface area contributed by atoms with E-state index in [4.69, 9.17) is 35.4 Å². The van der Waals surface area contributed by atoms with Crippen LogP contribution < -0.4 is 10.2 Å². The van der Waals surface area contributed by atoms with Crippen LogP contribution in [-0.2, 0) is 0 Å². The number of thiocarbonyl (C=S) groups is 1. The zero-order chi connectivity index (χ0) is 22.2. The number of nitrogens with one attached hydrogen (secondary N) is 1. The van der Waals surface area contributed by atoms with E-state index >= 15 is 0 Å². The number of pyridine rings is 1. The van der Waals surface area contributed by atoms with Crippen LogP contribution in [0.5, 0.6) is 0 Å². The summed E-state index contributed by atoms with van der Waals surface area (Å²) in [5, 5.41) is 5.58. The Morgan fingerprint density at radius 3 is 2.44 bits per heavy atom. The molecule has 0 amide bonds. The van der Waals surface area contributed by atoms with Crippen LogP contribution in [0.3, 0.4) is 0 Å². The first-order valence-corrected chi connectivity index (χ1v) is 11.4. The predicted molar refractivity (Wildman–Crippen MR) is 135 cm³/mol. The fraction of sp³-hybridized carbons (Fsp3) is 0.120. The second-order valence-electron chi connectivity index (χ2n) is 7.71. The SMILES string of the molecule is Cc1cc(-n2cccc2[C@H]2[C@H](c3ccccn3)NC(=S)N2c2ccc(Cl)cc2)ccc1Cl. The Morgan fingerprint density at radius 1 is 0.938 bits per heavy atom. The van der Waals surface area contributed by atoms with E-state index < -0.39 is 0 Å². The highest BCUT2D eigenvalue weighted by Gasteiger charge is 2.42. The Labute approximate surface area is 202 Å². The quantitative estimate of drug-likeness (QED) is 0.332. The average Bonchev–Trinajstić information content (AvgIpc) is 3.41. The number of hydrogen-bond acceptors (Lipinski definition) is 2. The molecule has 4 aromatic rings. The van der Waals surface area contributed by atoms with E-state index in [0.717, 1.165) is 33.3 Å². The van der Waals surface area contributed by atoms with Gasteiger partial charge in [0, 0.05) is 39.5 Å². The maximum atomic E-state index is 6.28. The molecule has 32 heavy (non-hydrogen) atoms. The molecule has 0 aliphatic carbocycles. The maximum absolute atomic E-state index is 6.28. The van der Waals surface area contributed by atoms with Crippen molar-refractivity contribution in [2.75, 3.05) is 4.90 Å². The second-order valence-corrected chi connectivity index (χ2v) is 8.94. The summed E-state index contributed by atoms with van der Waals surface area (Å²) >= 11 is 18.2. The van der Waals surface area contributed by atoms with Gasteiger partial charge in [0.1, 0.15) is 6.04 Å². The lowest BCUT2D eigenvalue weighted by Gasteiger charge is -2.29. The van der Waals surface area contributed by atoms with Gasteiger partial charge in [-0.1, -0.05) is 29.3 Å². The molecule has 3 heterocycles. The summed E-state index contributed by atoms with van der Waals surface area (Å²) in [7, 11) is 0. The van der Waals surface area contributed by atoms with Crippen LogP contribution in [0.25, 0.3) is 5.69 Å². The smallest absolute Gasteiger partial charge is 0.174 e. The van der Waals surface area contributed by atoms with Crippen molar-refractivity contribution in [1.82, 2.24) is 14.9 Å². The van der Waals surface area contributed by atoms with Crippen molar-refractivity contribution in [2.45, 2.75) is 19.0 Å². The third kappa shape index (κ3) is 3.77. The van der Waals surface area contributed by atoms with E-state index in [9.17, 15) is 0 Å². The van der Waals surface area contributed by atoms with E-state index in [0.29, 0.717) is 10.1 Å². The monoisotopic (exact) mass is 478 g/mol. The Morgan fingerprint density at radius 2 is 1.72 bits per heavy atom. The maximum Gasteiger partial charge on any atom is 0.174 e. The highest BCUT2D eigenvalue weighted by atomic mass is 35.5. The van der Waals surface area contributed by atoms with Gasteiger partial charge in [0.25, 0.3) is 0 Å². The molecule has 2 atom stereocenters. The molecule has 0 radical (unpaired) electrons. The molecule has 5 rings (SSSR count). The van der Waals surface area contributed by atoms with Crippen molar-refractivity contribution in [2.24, 2.45) is 0 Å². The highest BCUT2D eigenvalue weighted by Crippen LogP contribution is 2.42. The van der Waals surface area contributed by atoms with Crippen LogP contribution >= 0.6 is 35.4 Å². The van der Waals surface area contributed by atoms with Crippen LogP contribution in [0.15, 0.2) is 85.2 Å². The van der Waals surface area contributed by atoms with Crippen LogP contribution in [0.4, 0.5) is 5.69 Å². The van der Waals surface area contributed by atoms with Gasteiger partial charge in [-0.05, 0) is 91.4 Å². The first kappa shape index (κ1) is 21.0. The first-order valence-electron chi connectivity index (χ1n) is 10.2. The van der Waals surface area contributed by atoms with Gasteiger partial charge in [-0.2, -0.15) is 0 Å². The molecule has 2 aromatic heterocycles. The van der Waals surface area contributed by atoms with Crippen LogP contribution in [-0.4, -0.2) is 14.7 Å². The zero-order valence-corrected chi connectivity index (χ0v) is 19.6. The third-order valence-electron chi connectivity index (χ3n) is 5.71. The molecule has 0 bridgehead atoms. The summed E-state index contributed by atoms with van der Waals surface area (Å²) in [5.74, 6) is 0. The Bertz CT molecular complexity index is 1270. The lowest BCUT2D eigenvalue weighted by molar-refractivity contribution is 0.549. The van der Waals surface area contributed by atoms with Crippen molar-refractivity contribution < 1.29 is 0 Å². The van der Waals surface area contributed by atoms with Gasteiger partial charge in [-0.15, -0.1) is 0 Å². The number of aryl methyl sites for hydroxylation is 1. The normalized spacial score (nSPS) is 18.1. The predicted octanol–water partition coefficient (Wildman–Crippen LogP) is 6.66. The van der Waals surface area contributed by atoms with Gasteiger partial charge in [-0.25, -0.2) is 0 Å². The summed E-state index contributed by atoms with van der Waals surface area (Å²) in [4.78, 5) is 6.77. The number of anilines is 1. The van der Waals surface area contributed by atoms with E-state index in [-0.39, 0.29) is 12.1 Å². The number of nitrogens with zero attached hydrogens (tertiary/aromatic N) is 3. The number of halogens is 2. The van der Waals surface area contributed by atoms with Gasteiger partial charge in [0.05, 0.1) is 11.7 Å². The second kappa shape index (κ2) is 8.58. The van der Waals surface area contributed by atoms with Crippen LogP contribution in [0, 0.1) is 6.92 Å². The fourth-order valence-corrected chi connectivity index (χ4v) is 4.77. The zero-order valence-electron chi connectivity index (χ0n) is 17.2. The molecule has 0 spiro atoms. The molecule has 1 aliphatic rings. The van der Waals surface area contributed by atoms with Crippen molar-refractivity contribution in [1.29, 1.82) is 0 Å². The summed E-state index contributed by atoms with van der Waals surface area (Å²) in [5.41, 5.74) is 5.05. The molecule has 1 N–H and O–H groups in total. The standard InChI is InChI=1S/C25H20Cl2N4S/c1-16-15-19(11-12-20(16)27)30-14-4-6-22(30)24-23(21-5-2-3-13-28-21)29-25(32)31(24)18-9-7-17(26)8-10-18/h2-15,23-24H,1H3,(H,29,32)/t23-,24-/m0/s1. The lowest BCUT2D eigenvalue weighted by atomic mass is 10.0. The molecule has 1 aliphatic heterocycles.